The Morgan fingerprint density at radius 2 is 2.07 bits per heavy atom. The third kappa shape index (κ3) is 4.11. The Morgan fingerprint density at radius 3 is 2.47 bits per heavy atom. The highest BCUT2D eigenvalue weighted by molar-refractivity contribution is 5.09. The highest BCUT2D eigenvalue weighted by atomic mass is 19.4. The summed E-state index contributed by atoms with van der Waals surface area (Å²) in [6, 6.07) is -0.311. The second-order valence-corrected chi connectivity index (χ2v) is 2.97. The quantitative estimate of drug-likeness (QED) is 0.838. The van der Waals surface area contributed by atoms with Gasteiger partial charge in [-0.3, -0.25) is 4.98 Å². The molecule has 0 saturated heterocycles. The molecular weight excluding hydrogens is 211 g/mol. The largest absolute Gasteiger partial charge is 0.467 e. The van der Waals surface area contributed by atoms with Crippen molar-refractivity contribution in [2.45, 2.75) is 19.1 Å². The predicted octanol–water partition coefficient (Wildman–Crippen LogP) is 1.44. The van der Waals surface area contributed by atoms with E-state index in [0.29, 0.717) is 5.69 Å². The molecule has 1 aromatic rings. The number of ether oxygens (including phenoxy) is 1. The lowest BCUT2D eigenvalue weighted by molar-refractivity contribution is -0.154. The summed E-state index contributed by atoms with van der Waals surface area (Å²) in [5.41, 5.74) is 5.98. The van der Waals surface area contributed by atoms with Crippen LogP contribution >= 0.6 is 0 Å². The first-order chi connectivity index (χ1) is 6.88. The Balaban J connectivity index is 2.57. The van der Waals surface area contributed by atoms with E-state index < -0.39 is 12.8 Å². The van der Waals surface area contributed by atoms with Crippen molar-refractivity contribution in [3.05, 3.63) is 18.1 Å². The number of alkyl halides is 3. The fraction of sp³-hybridized carbons (Fsp3) is 0.500. The lowest BCUT2D eigenvalue weighted by Crippen LogP contribution is -2.20. The monoisotopic (exact) mass is 221 g/mol. The lowest BCUT2D eigenvalue weighted by Gasteiger charge is -2.08. The van der Waals surface area contributed by atoms with Crippen LogP contribution in [0.25, 0.3) is 0 Å². The molecule has 0 aromatic carbocycles. The van der Waals surface area contributed by atoms with Crippen LogP contribution in [0.3, 0.4) is 0 Å². The van der Waals surface area contributed by atoms with Gasteiger partial charge in [0.2, 0.25) is 5.88 Å². The van der Waals surface area contributed by atoms with Gasteiger partial charge >= 0.3 is 6.18 Å². The van der Waals surface area contributed by atoms with Gasteiger partial charge in [-0.1, -0.05) is 0 Å². The van der Waals surface area contributed by atoms with E-state index in [0.717, 1.165) is 6.20 Å². The van der Waals surface area contributed by atoms with Crippen molar-refractivity contribution in [3.8, 4) is 5.88 Å². The molecule has 2 N–H and O–H groups in total. The SMILES string of the molecule is C[C@@H](N)c1cnc(OCC(F)(F)F)cn1. The molecule has 0 unspecified atom stereocenters. The minimum Gasteiger partial charge on any atom is -0.467 e. The summed E-state index contributed by atoms with van der Waals surface area (Å²) in [4.78, 5) is 7.44. The van der Waals surface area contributed by atoms with E-state index in [1.54, 1.807) is 6.92 Å². The molecule has 1 rings (SSSR count). The van der Waals surface area contributed by atoms with Gasteiger partial charge in [0.25, 0.3) is 0 Å². The van der Waals surface area contributed by atoms with Crippen LogP contribution in [0, 0.1) is 0 Å². The van der Waals surface area contributed by atoms with E-state index >= 15 is 0 Å². The van der Waals surface area contributed by atoms with Crippen LogP contribution in [-0.2, 0) is 0 Å². The topological polar surface area (TPSA) is 61.0 Å². The fourth-order valence-electron chi connectivity index (χ4n) is 0.792. The Kier molecular flexibility index (Phi) is 3.46. The molecule has 1 aromatic heterocycles. The summed E-state index contributed by atoms with van der Waals surface area (Å²) in [6.07, 6.45) is -1.97. The average molecular weight is 221 g/mol. The number of nitrogens with zero attached hydrogens (tertiary/aromatic N) is 2. The van der Waals surface area contributed by atoms with E-state index in [-0.39, 0.29) is 11.9 Å². The number of halogens is 3. The summed E-state index contributed by atoms with van der Waals surface area (Å²) < 4.78 is 39.6. The summed E-state index contributed by atoms with van der Waals surface area (Å²) in [7, 11) is 0. The summed E-state index contributed by atoms with van der Waals surface area (Å²) in [5.74, 6) is -0.170. The van der Waals surface area contributed by atoms with Crippen LogP contribution in [0.5, 0.6) is 5.88 Å². The van der Waals surface area contributed by atoms with Crippen LogP contribution in [-0.4, -0.2) is 22.8 Å². The summed E-state index contributed by atoms with van der Waals surface area (Å²) in [6.45, 7) is 0.319. The van der Waals surface area contributed by atoms with Crippen molar-refractivity contribution >= 4 is 0 Å². The molecule has 0 radical (unpaired) electrons. The molecule has 4 nitrogen and oxygen atoms in total. The Bertz CT molecular complexity index is 310. The van der Waals surface area contributed by atoms with E-state index in [2.05, 4.69) is 14.7 Å². The van der Waals surface area contributed by atoms with E-state index in [1.807, 2.05) is 0 Å². The minimum atomic E-state index is -4.37. The van der Waals surface area contributed by atoms with Gasteiger partial charge < -0.3 is 10.5 Å². The van der Waals surface area contributed by atoms with Crippen molar-refractivity contribution in [1.82, 2.24) is 9.97 Å². The fourth-order valence-corrected chi connectivity index (χ4v) is 0.792. The van der Waals surface area contributed by atoms with Gasteiger partial charge in [0, 0.05) is 6.04 Å². The number of hydrogen-bond donors (Lipinski definition) is 1. The standard InChI is InChI=1S/C8H10F3N3O/c1-5(12)6-2-14-7(3-13-6)15-4-8(9,10)11/h2-3,5H,4,12H2,1H3/t5-/m1/s1. The molecule has 0 aliphatic carbocycles. The number of aromatic nitrogens is 2. The summed E-state index contributed by atoms with van der Waals surface area (Å²) in [5, 5.41) is 0. The van der Waals surface area contributed by atoms with Crippen LogP contribution in [0.4, 0.5) is 13.2 Å². The van der Waals surface area contributed by atoms with Crippen LogP contribution in [0.2, 0.25) is 0 Å². The average Bonchev–Trinajstić information content (AvgIpc) is 2.14. The van der Waals surface area contributed by atoms with Crippen LogP contribution in [0.15, 0.2) is 12.4 Å². The lowest BCUT2D eigenvalue weighted by atomic mass is 10.3. The molecule has 0 bridgehead atoms. The molecule has 1 heterocycles. The van der Waals surface area contributed by atoms with E-state index in [1.165, 1.54) is 6.20 Å². The zero-order valence-corrected chi connectivity index (χ0v) is 7.95. The molecule has 0 aliphatic heterocycles. The maximum Gasteiger partial charge on any atom is 0.422 e. The highest BCUT2D eigenvalue weighted by Crippen LogP contribution is 2.16. The molecule has 15 heavy (non-hydrogen) atoms. The van der Waals surface area contributed by atoms with Gasteiger partial charge in [0.05, 0.1) is 18.1 Å². The molecule has 0 fully saturated rings. The van der Waals surface area contributed by atoms with Gasteiger partial charge in [-0.25, -0.2) is 4.98 Å². The Labute approximate surface area is 84.3 Å². The Morgan fingerprint density at radius 1 is 1.40 bits per heavy atom. The molecule has 0 saturated carbocycles. The van der Waals surface area contributed by atoms with Gasteiger partial charge in [0.15, 0.2) is 6.61 Å². The van der Waals surface area contributed by atoms with E-state index in [9.17, 15) is 13.2 Å². The van der Waals surface area contributed by atoms with Crippen molar-refractivity contribution < 1.29 is 17.9 Å². The molecule has 0 spiro atoms. The van der Waals surface area contributed by atoms with Gasteiger partial charge in [0.1, 0.15) is 0 Å². The van der Waals surface area contributed by atoms with Crippen LogP contribution in [0.1, 0.15) is 18.7 Å². The summed E-state index contributed by atoms with van der Waals surface area (Å²) >= 11 is 0. The maximum absolute atomic E-state index is 11.8. The normalized spacial score (nSPS) is 13.7. The third-order valence-corrected chi connectivity index (χ3v) is 1.50. The van der Waals surface area contributed by atoms with Gasteiger partial charge in [-0.05, 0) is 6.92 Å². The van der Waals surface area contributed by atoms with Crippen molar-refractivity contribution in [2.75, 3.05) is 6.61 Å². The van der Waals surface area contributed by atoms with Gasteiger partial charge in [-0.2, -0.15) is 13.2 Å². The molecule has 7 heteroatoms. The van der Waals surface area contributed by atoms with Crippen molar-refractivity contribution in [1.29, 1.82) is 0 Å². The first-order valence-corrected chi connectivity index (χ1v) is 4.15. The van der Waals surface area contributed by atoms with E-state index in [4.69, 9.17) is 5.73 Å². The van der Waals surface area contributed by atoms with Crippen molar-refractivity contribution in [2.24, 2.45) is 5.73 Å². The zero-order chi connectivity index (χ0) is 11.5. The minimum absolute atomic E-state index is 0.170. The number of rotatable bonds is 3. The molecular formula is C8H10F3N3O. The molecule has 84 valence electrons. The first kappa shape index (κ1) is 11.7. The smallest absolute Gasteiger partial charge is 0.422 e. The first-order valence-electron chi connectivity index (χ1n) is 4.15. The number of nitrogens with two attached hydrogens (primary N) is 1. The second kappa shape index (κ2) is 4.43. The van der Waals surface area contributed by atoms with Crippen molar-refractivity contribution in [3.63, 3.8) is 0 Å². The molecule has 0 aliphatic rings. The third-order valence-electron chi connectivity index (χ3n) is 1.50. The molecule has 0 amide bonds. The van der Waals surface area contributed by atoms with Gasteiger partial charge in [-0.15, -0.1) is 0 Å². The van der Waals surface area contributed by atoms with Crippen LogP contribution < -0.4 is 10.5 Å². The molecule has 1 atom stereocenters. The maximum atomic E-state index is 11.8. The predicted molar refractivity (Wildman–Crippen MR) is 46.2 cm³/mol. The zero-order valence-electron chi connectivity index (χ0n) is 7.95. The second-order valence-electron chi connectivity index (χ2n) is 2.97. The Hall–Kier alpha value is -1.37. The number of hydrogen-bond acceptors (Lipinski definition) is 4. The highest BCUT2D eigenvalue weighted by Gasteiger charge is 2.28.